The summed E-state index contributed by atoms with van der Waals surface area (Å²) in [6.45, 7) is 2.82. The molecule has 0 aromatic heterocycles. The summed E-state index contributed by atoms with van der Waals surface area (Å²) in [7, 11) is 0. The van der Waals surface area contributed by atoms with Crippen LogP contribution in [0.2, 0.25) is 0 Å². The fourth-order valence-electron chi connectivity index (χ4n) is 1.91. The summed E-state index contributed by atoms with van der Waals surface area (Å²) < 4.78 is 0. The molecule has 0 saturated carbocycles. The van der Waals surface area contributed by atoms with E-state index in [0.717, 1.165) is 13.0 Å². The van der Waals surface area contributed by atoms with Gasteiger partial charge in [0.15, 0.2) is 0 Å². The summed E-state index contributed by atoms with van der Waals surface area (Å²) in [4.78, 5) is 0. The maximum Gasteiger partial charge on any atom is 0.0924 e. The van der Waals surface area contributed by atoms with Gasteiger partial charge in [-0.15, -0.1) is 0 Å². The zero-order valence-corrected chi connectivity index (χ0v) is 8.33. The van der Waals surface area contributed by atoms with Gasteiger partial charge in [-0.25, -0.2) is 0 Å². The SMILES string of the molecule is CC(C#N)NCC1Cc2ccccc21. The summed E-state index contributed by atoms with van der Waals surface area (Å²) in [5.74, 6) is 0.613. The number of fused-ring (bicyclic) bond motifs is 1. The largest absolute Gasteiger partial charge is 0.302 e. The first-order chi connectivity index (χ1) is 6.81. The average molecular weight is 186 g/mol. The molecule has 0 bridgehead atoms. The van der Waals surface area contributed by atoms with Crippen LogP contribution < -0.4 is 5.32 Å². The molecule has 0 aliphatic heterocycles. The molecule has 2 unspecified atom stereocenters. The fraction of sp³-hybridized carbons (Fsp3) is 0.417. The van der Waals surface area contributed by atoms with E-state index in [-0.39, 0.29) is 6.04 Å². The number of hydrogen-bond donors (Lipinski definition) is 1. The van der Waals surface area contributed by atoms with Gasteiger partial charge in [-0.2, -0.15) is 5.26 Å². The van der Waals surface area contributed by atoms with Crippen molar-refractivity contribution in [3.63, 3.8) is 0 Å². The minimum absolute atomic E-state index is 0.0391. The van der Waals surface area contributed by atoms with Gasteiger partial charge in [0, 0.05) is 12.5 Å². The van der Waals surface area contributed by atoms with Crippen molar-refractivity contribution in [3.8, 4) is 6.07 Å². The Bertz CT molecular complexity index is 365. The van der Waals surface area contributed by atoms with Crippen molar-refractivity contribution in [1.82, 2.24) is 5.32 Å². The second-order valence-electron chi connectivity index (χ2n) is 3.86. The van der Waals surface area contributed by atoms with Crippen LogP contribution in [0.3, 0.4) is 0 Å². The minimum Gasteiger partial charge on any atom is -0.302 e. The standard InChI is InChI=1S/C12H14N2/c1-9(7-13)14-8-11-6-10-4-2-3-5-12(10)11/h2-5,9,11,14H,6,8H2,1H3. The van der Waals surface area contributed by atoms with Crippen molar-refractivity contribution < 1.29 is 0 Å². The maximum atomic E-state index is 8.62. The molecule has 1 aliphatic carbocycles. The van der Waals surface area contributed by atoms with Crippen LogP contribution in [0.1, 0.15) is 24.0 Å². The summed E-state index contributed by atoms with van der Waals surface area (Å²) in [5.41, 5.74) is 2.91. The Kier molecular flexibility index (Phi) is 2.51. The van der Waals surface area contributed by atoms with Crippen molar-refractivity contribution in [3.05, 3.63) is 35.4 Å². The van der Waals surface area contributed by atoms with E-state index >= 15 is 0 Å². The highest BCUT2D eigenvalue weighted by Crippen LogP contribution is 2.33. The predicted molar refractivity (Wildman–Crippen MR) is 56.0 cm³/mol. The summed E-state index contributed by atoms with van der Waals surface area (Å²) in [6.07, 6.45) is 1.15. The highest BCUT2D eigenvalue weighted by atomic mass is 14.9. The Balaban J connectivity index is 1.91. The van der Waals surface area contributed by atoms with Gasteiger partial charge in [-0.1, -0.05) is 24.3 Å². The maximum absolute atomic E-state index is 8.62. The van der Waals surface area contributed by atoms with E-state index in [9.17, 15) is 0 Å². The van der Waals surface area contributed by atoms with Gasteiger partial charge in [0.1, 0.15) is 0 Å². The number of nitriles is 1. The van der Waals surface area contributed by atoms with Crippen molar-refractivity contribution >= 4 is 0 Å². The molecule has 0 amide bonds. The molecule has 72 valence electrons. The van der Waals surface area contributed by atoms with Crippen LogP contribution >= 0.6 is 0 Å². The van der Waals surface area contributed by atoms with Crippen LogP contribution in [-0.4, -0.2) is 12.6 Å². The first-order valence-electron chi connectivity index (χ1n) is 5.02. The van der Waals surface area contributed by atoms with Crippen molar-refractivity contribution in [1.29, 1.82) is 5.26 Å². The lowest BCUT2D eigenvalue weighted by Gasteiger charge is -2.30. The third kappa shape index (κ3) is 1.64. The molecule has 1 aliphatic rings. The van der Waals surface area contributed by atoms with E-state index in [1.54, 1.807) is 0 Å². The van der Waals surface area contributed by atoms with Crippen LogP contribution in [0.15, 0.2) is 24.3 Å². The molecular weight excluding hydrogens is 172 g/mol. The molecule has 1 aromatic carbocycles. The Hall–Kier alpha value is -1.33. The highest BCUT2D eigenvalue weighted by molar-refractivity contribution is 5.40. The number of benzene rings is 1. The molecule has 1 N–H and O–H groups in total. The molecule has 2 heteroatoms. The molecule has 14 heavy (non-hydrogen) atoms. The molecule has 0 fully saturated rings. The van der Waals surface area contributed by atoms with Crippen molar-refractivity contribution in [2.75, 3.05) is 6.54 Å². The van der Waals surface area contributed by atoms with E-state index < -0.39 is 0 Å². The van der Waals surface area contributed by atoms with Crippen LogP contribution in [0, 0.1) is 11.3 Å². The zero-order valence-electron chi connectivity index (χ0n) is 8.33. The van der Waals surface area contributed by atoms with Gasteiger partial charge in [-0.05, 0) is 24.5 Å². The smallest absolute Gasteiger partial charge is 0.0924 e. The van der Waals surface area contributed by atoms with E-state index in [2.05, 4.69) is 35.7 Å². The van der Waals surface area contributed by atoms with E-state index in [0.29, 0.717) is 5.92 Å². The van der Waals surface area contributed by atoms with E-state index in [4.69, 9.17) is 5.26 Å². The third-order valence-corrected chi connectivity index (χ3v) is 2.83. The Morgan fingerprint density at radius 3 is 3.07 bits per heavy atom. The molecule has 0 spiro atoms. The Labute approximate surface area is 84.6 Å². The van der Waals surface area contributed by atoms with Crippen LogP contribution in [-0.2, 0) is 6.42 Å². The van der Waals surface area contributed by atoms with Crippen LogP contribution in [0.25, 0.3) is 0 Å². The Morgan fingerprint density at radius 2 is 2.36 bits per heavy atom. The normalized spacial score (nSPS) is 20.4. The first-order valence-corrected chi connectivity index (χ1v) is 5.02. The third-order valence-electron chi connectivity index (χ3n) is 2.83. The number of rotatable bonds is 3. The molecule has 0 radical (unpaired) electrons. The van der Waals surface area contributed by atoms with Gasteiger partial charge in [0.05, 0.1) is 12.1 Å². The lowest BCUT2D eigenvalue weighted by atomic mass is 9.77. The first kappa shape index (κ1) is 9.23. The second-order valence-corrected chi connectivity index (χ2v) is 3.86. The monoisotopic (exact) mass is 186 g/mol. The van der Waals surface area contributed by atoms with Crippen molar-refractivity contribution in [2.45, 2.75) is 25.3 Å². The lowest BCUT2D eigenvalue weighted by molar-refractivity contribution is 0.519. The average Bonchev–Trinajstić information content (AvgIpc) is 2.19. The topological polar surface area (TPSA) is 35.8 Å². The minimum atomic E-state index is -0.0391. The highest BCUT2D eigenvalue weighted by Gasteiger charge is 2.24. The van der Waals surface area contributed by atoms with Crippen LogP contribution in [0.5, 0.6) is 0 Å². The molecule has 2 atom stereocenters. The van der Waals surface area contributed by atoms with Gasteiger partial charge >= 0.3 is 0 Å². The zero-order chi connectivity index (χ0) is 9.97. The Morgan fingerprint density at radius 1 is 1.57 bits per heavy atom. The summed E-state index contributed by atoms with van der Waals surface area (Å²) in [5, 5.41) is 11.8. The molecular formula is C12H14N2. The van der Waals surface area contributed by atoms with E-state index in [1.807, 2.05) is 6.92 Å². The van der Waals surface area contributed by atoms with Crippen LogP contribution in [0.4, 0.5) is 0 Å². The molecule has 0 heterocycles. The lowest BCUT2D eigenvalue weighted by Crippen LogP contribution is -2.33. The number of hydrogen-bond acceptors (Lipinski definition) is 2. The van der Waals surface area contributed by atoms with Gasteiger partial charge < -0.3 is 5.32 Å². The van der Waals surface area contributed by atoms with Crippen molar-refractivity contribution in [2.24, 2.45) is 0 Å². The molecule has 1 aromatic rings. The molecule has 2 nitrogen and oxygen atoms in total. The fourth-order valence-corrected chi connectivity index (χ4v) is 1.91. The second kappa shape index (κ2) is 3.81. The van der Waals surface area contributed by atoms with Gasteiger partial charge in [-0.3, -0.25) is 0 Å². The number of nitrogens with one attached hydrogen (secondary N) is 1. The molecule has 2 rings (SSSR count). The summed E-state index contributed by atoms with van der Waals surface area (Å²) >= 11 is 0. The van der Waals surface area contributed by atoms with E-state index in [1.165, 1.54) is 11.1 Å². The van der Waals surface area contributed by atoms with Gasteiger partial charge in [0.25, 0.3) is 0 Å². The number of nitrogens with zero attached hydrogens (tertiary/aromatic N) is 1. The summed E-state index contributed by atoms with van der Waals surface area (Å²) in [6, 6.07) is 10.7. The van der Waals surface area contributed by atoms with Gasteiger partial charge in [0.2, 0.25) is 0 Å². The quantitative estimate of drug-likeness (QED) is 0.781. The molecule has 0 saturated heterocycles. The predicted octanol–water partition coefficient (Wildman–Crippen LogP) is 1.83.